The standard InChI is InChI=1S/C8H16N2O.C3H6O3/c1-3-11-7-6-10-5-4-9(2)8-10;1-6-2-3(4)5/h4-5H,3,6-8H2,1-2H3;2H2,1H3,(H,4,5). The molecule has 0 atom stereocenters. The van der Waals surface area contributed by atoms with Crippen LogP contribution in [0.4, 0.5) is 0 Å². The number of hydrogen-bond acceptors (Lipinski definition) is 5. The minimum Gasteiger partial charge on any atom is -0.480 e. The second-order valence-electron chi connectivity index (χ2n) is 3.53. The molecule has 6 heteroatoms. The summed E-state index contributed by atoms with van der Waals surface area (Å²) < 4.78 is 9.44. The van der Waals surface area contributed by atoms with Gasteiger partial charge in [-0.3, -0.25) is 0 Å². The lowest BCUT2D eigenvalue weighted by Gasteiger charge is -2.17. The summed E-state index contributed by atoms with van der Waals surface area (Å²) in [5.74, 6) is -0.933. The highest BCUT2D eigenvalue weighted by Crippen LogP contribution is 2.01. The zero-order valence-corrected chi connectivity index (χ0v) is 10.8. The molecule has 0 saturated carbocycles. The number of rotatable bonds is 6. The van der Waals surface area contributed by atoms with Crippen molar-refractivity contribution >= 4 is 5.97 Å². The number of ether oxygens (including phenoxy) is 2. The molecule has 0 spiro atoms. The van der Waals surface area contributed by atoms with Crippen LogP contribution in [-0.2, 0) is 14.3 Å². The van der Waals surface area contributed by atoms with Crippen molar-refractivity contribution in [2.75, 3.05) is 47.2 Å². The van der Waals surface area contributed by atoms with Crippen LogP contribution in [0.2, 0.25) is 0 Å². The van der Waals surface area contributed by atoms with Crippen molar-refractivity contribution < 1.29 is 19.4 Å². The second kappa shape index (κ2) is 9.92. The zero-order chi connectivity index (χ0) is 13.1. The Kier molecular flexibility index (Phi) is 9.18. The summed E-state index contributed by atoms with van der Waals surface area (Å²) >= 11 is 0. The molecule has 0 saturated heterocycles. The number of hydrogen-bond donors (Lipinski definition) is 1. The summed E-state index contributed by atoms with van der Waals surface area (Å²) in [6, 6.07) is 0. The molecule has 6 nitrogen and oxygen atoms in total. The third-order valence-corrected chi connectivity index (χ3v) is 1.93. The van der Waals surface area contributed by atoms with Gasteiger partial charge in [0.1, 0.15) is 6.61 Å². The van der Waals surface area contributed by atoms with Crippen LogP contribution in [0, 0.1) is 0 Å². The van der Waals surface area contributed by atoms with E-state index >= 15 is 0 Å². The van der Waals surface area contributed by atoms with E-state index < -0.39 is 5.97 Å². The number of carboxylic acid groups (broad SMARTS) is 1. The van der Waals surface area contributed by atoms with Crippen LogP contribution in [0.25, 0.3) is 0 Å². The first-order valence-electron chi connectivity index (χ1n) is 5.51. The van der Waals surface area contributed by atoms with Gasteiger partial charge in [-0.2, -0.15) is 0 Å². The topological polar surface area (TPSA) is 62.2 Å². The summed E-state index contributed by atoms with van der Waals surface area (Å²) in [5.41, 5.74) is 0. The summed E-state index contributed by atoms with van der Waals surface area (Å²) in [6.07, 6.45) is 4.17. The summed E-state index contributed by atoms with van der Waals surface area (Å²) in [5, 5.41) is 7.79. The molecule has 1 aliphatic heterocycles. The van der Waals surface area contributed by atoms with Gasteiger partial charge in [-0.05, 0) is 6.92 Å². The molecular formula is C11H22N2O4. The lowest BCUT2D eigenvalue weighted by atomic mass is 10.6. The van der Waals surface area contributed by atoms with E-state index in [0.717, 1.165) is 26.4 Å². The number of methoxy groups -OCH3 is 1. The van der Waals surface area contributed by atoms with Crippen molar-refractivity contribution in [1.82, 2.24) is 9.80 Å². The number of carboxylic acids is 1. The Balaban J connectivity index is 0.000000366. The van der Waals surface area contributed by atoms with E-state index in [4.69, 9.17) is 9.84 Å². The largest absolute Gasteiger partial charge is 0.480 e. The lowest BCUT2D eigenvalue weighted by Crippen LogP contribution is -2.25. The average Bonchev–Trinajstić information content (AvgIpc) is 2.65. The first-order valence-corrected chi connectivity index (χ1v) is 5.51. The molecule has 1 rings (SSSR count). The first-order chi connectivity index (χ1) is 8.10. The van der Waals surface area contributed by atoms with E-state index in [-0.39, 0.29) is 6.61 Å². The molecule has 0 aromatic heterocycles. The fourth-order valence-electron chi connectivity index (χ4n) is 1.18. The molecule has 0 unspecified atom stereocenters. The number of aliphatic carboxylic acids is 1. The van der Waals surface area contributed by atoms with Crippen LogP contribution >= 0.6 is 0 Å². The highest BCUT2D eigenvalue weighted by molar-refractivity contribution is 5.67. The SMILES string of the molecule is CCOCCN1C=CN(C)C1.COCC(=O)O. The maximum atomic E-state index is 9.47. The molecule has 1 N–H and O–H groups in total. The van der Waals surface area contributed by atoms with Crippen molar-refractivity contribution in [3.8, 4) is 0 Å². The molecule has 0 aromatic carbocycles. The molecule has 100 valence electrons. The lowest BCUT2D eigenvalue weighted by molar-refractivity contribution is -0.141. The van der Waals surface area contributed by atoms with Gasteiger partial charge in [0, 0.05) is 39.7 Å². The minimum absolute atomic E-state index is 0.208. The molecule has 0 radical (unpaired) electrons. The zero-order valence-electron chi connectivity index (χ0n) is 10.8. The molecule has 0 amide bonds. The molecule has 0 aliphatic carbocycles. The third-order valence-electron chi connectivity index (χ3n) is 1.93. The Morgan fingerprint density at radius 3 is 2.53 bits per heavy atom. The van der Waals surface area contributed by atoms with Crippen molar-refractivity contribution in [3.63, 3.8) is 0 Å². The van der Waals surface area contributed by atoms with Crippen LogP contribution in [0.3, 0.4) is 0 Å². The summed E-state index contributed by atoms with van der Waals surface area (Å²) in [6.45, 7) is 5.44. The predicted octanol–water partition coefficient (Wildman–Crippen LogP) is 0.416. The Bertz CT molecular complexity index is 234. The number of carbonyl (C=O) groups is 1. The Labute approximate surface area is 102 Å². The minimum atomic E-state index is -0.933. The predicted molar refractivity (Wildman–Crippen MR) is 64.5 cm³/mol. The molecule has 1 heterocycles. The summed E-state index contributed by atoms with van der Waals surface area (Å²) in [7, 11) is 3.41. The molecule has 0 aromatic rings. The highest BCUT2D eigenvalue weighted by Gasteiger charge is 2.06. The van der Waals surface area contributed by atoms with E-state index in [0.29, 0.717) is 0 Å². The van der Waals surface area contributed by atoms with Gasteiger partial charge in [0.05, 0.1) is 13.3 Å². The van der Waals surface area contributed by atoms with E-state index in [1.807, 2.05) is 6.92 Å². The van der Waals surface area contributed by atoms with Gasteiger partial charge in [-0.25, -0.2) is 4.79 Å². The van der Waals surface area contributed by atoms with E-state index in [1.165, 1.54) is 7.11 Å². The van der Waals surface area contributed by atoms with Crippen LogP contribution in [0.1, 0.15) is 6.92 Å². The van der Waals surface area contributed by atoms with E-state index in [2.05, 4.69) is 34.0 Å². The maximum absolute atomic E-state index is 9.47. The average molecular weight is 246 g/mol. The Morgan fingerprint density at radius 2 is 2.18 bits per heavy atom. The number of nitrogens with zero attached hydrogens (tertiary/aromatic N) is 2. The van der Waals surface area contributed by atoms with Gasteiger partial charge < -0.3 is 24.4 Å². The summed E-state index contributed by atoms with van der Waals surface area (Å²) in [4.78, 5) is 13.9. The van der Waals surface area contributed by atoms with Crippen LogP contribution < -0.4 is 0 Å². The van der Waals surface area contributed by atoms with E-state index in [9.17, 15) is 4.79 Å². The monoisotopic (exact) mass is 246 g/mol. The highest BCUT2D eigenvalue weighted by atomic mass is 16.5. The van der Waals surface area contributed by atoms with Crippen molar-refractivity contribution in [2.45, 2.75) is 6.92 Å². The van der Waals surface area contributed by atoms with Crippen molar-refractivity contribution in [2.24, 2.45) is 0 Å². The smallest absolute Gasteiger partial charge is 0.329 e. The van der Waals surface area contributed by atoms with Gasteiger partial charge >= 0.3 is 5.97 Å². The third kappa shape index (κ3) is 9.65. The molecule has 1 aliphatic rings. The maximum Gasteiger partial charge on any atom is 0.329 e. The molecular weight excluding hydrogens is 224 g/mol. The van der Waals surface area contributed by atoms with Gasteiger partial charge in [0.25, 0.3) is 0 Å². The van der Waals surface area contributed by atoms with Gasteiger partial charge in [0.2, 0.25) is 0 Å². The van der Waals surface area contributed by atoms with Crippen molar-refractivity contribution in [1.29, 1.82) is 0 Å². The molecule has 0 fully saturated rings. The normalized spacial score (nSPS) is 13.6. The van der Waals surface area contributed by atoms with Gasteiger partial charge in [-0.1, -0.05) is 0 Å². The quantitative estimate of drug-likeness (QED) is 0.685. The fourth-order valence-corrected chi connectivity index (χ4v) is 1.18. The van der Waals surface area contributed by atoms with Crippen molar-refractivity contribution in [3.05, 3.63) is 12.4 Å². The van der Waals surface area contributed by atoms with Gasteiger partial charge in [-0.15, -0.1) is 0 Å². The molecule has 0 bridgehead atoms. The van der Waals surface area contributed by atoms with Crippen LogP contribution in [0.15, 0.2) is 12.4 Å². The Hall–Kier alpha value is -1.27. The first kappa shape index (κ1) is 15.7. The second-order valence-corrected chi connectivity index (χ2v) is 3.53. The van der Waals surface area contributed by atoms with E-state index in [1.54, 1.807) is 0 Å². The van der Waals surface area contributed by atoms with Gasteiger partial charge in [0.15, 0.2) is 0 Å². The van der Waals surface area contributed by atoms with Crippen LogP contribution in [0.5, 0.6) is 0 Å². The fraction of sp³-hybridized carbons (Fsp3) is 0.727. The Morgan fingerprint density at radius 1 is 1.47 bits per heavy atom. The van der Waals surface area contributed by atoms with Crippen LogP contribution in [-0.4, -0.2) is 68.1 Å². The molecule has 17 heavy (non-hydrogen) atoms.